The quantitative estimate of drug-likeness (QED) is 0.665. The molecular weight excluding hydrogens is 264 g/mol. The van der Waals surface area contributed by atoms with Gasteiger partial charge in [-0.15, -0.1) is 0 Å². The zero-order valence-electron chi connectivity index (χ0n) is 10.4. The van der Waals surface area contributed by atoms with Gasteiger partial charge in [0.25, 0.3) is 0 Å². The Kier molecular flexibility index (Phi) is 3.97. The number of nitrogen functional groups attached to an aromatic ring is 1. The van der Waals surface area contributed by atoms with Gasteiger partial charge >= 0.3 is 0 Å². The largest absolute Gasteiger partial charge is 0.398 e. The molecule has 0 radical (unpaired) electrons. The van der Waals surface area contributed by atoms with E-state index in [-0.39, 0.29) is 18.3 Å². The van der Waals surface area contributed by atoms with Crippen LogP contribution in [0.15, 0.2) is 30.3 Å². The van der Waals surface area contributed by atoms with E-state index < -0.39 is 0 Å². The predicted molar refractivity (Wildman–Crippen MR) is 75.0 cm³/mol. The fourth-order valence-electron chi connectivity index (χ4n) is 1.62. The molecule has 0 unspecified atom stereocenters. The maximum absolute atomic E-state index is 11.9. The van der Waals surface area contributed by atoms with Gasteiger partial charge in [-0.3, -0.25) is 10.1 Å². The van der Waals surface area contributed by atoms with E-state index in [1.807, 2.05) is 12.1 Å². The van der Waals surface area contributed by atoms with Crippen molar-refractivity contribution in [3.63, 3.8) is 0 Å². The first-order valence-corrected chi connectivity index (χ1v) is 6.07. The van der Waals surface area contributed by atoms with E-state index in [2.05, 4.69) is 15.3 Å². The minimum Gasteiger partial charge on any atom is -0.398 e. The van der Waals surface area contributed by atoms with Crippen LogP contribution in [0.3, 0.4) is 0 Å². The molecule has 0 atom stereocenters. The Hall–Kier alpha value is -2.14. The zero-order valence-corrected chi connectivity index (χ0v) is 11.1. The fourth-order valence-corrected chi connectivity index (χ4v) is 1.86. The number of hydrogen-bond donors (Lipinski definition) is 2. The van der Waals surface area contributed by atoms with Gasteiger partial charge in [-0.1, -0.05) is 29.8 Å². The summed E-state index contributed by atoms with van der Waals surface area (Å²) >= 11 is 5.80. The highest BCUT2D eigenvalue weighted by atomic mass is 35.5. The lowest BCUT2D eigenvalue weighted by molar-refractivity contribution is -0.115. The standard InChI is InChI=1S/C13H13ClN4O/c1-8-6-11(14)17-13(16-8)18-12(19)7-9-4-2-3-5-10(9)15/h2-6H,7,15H2,1H3,(H,16,17,18,19). The smallest absolute Gasteiger partial charge is 0.231 e. The van der Waals surface area contributed by atoms with Gasteiger partial charge in [0.05, 0.1) is 6.42 Å². The van der Waals surface area contributed by atoms with Crippen molar-refractivity contribution in [1.82, 2.24) is 9.97 Å². The highest BCUT2D eigenvalue weighted by Gasteiger charge is 2.09. The number of nitrogens with one attached hydrogen (secondary N) is 1. The van der Waals surface area contributed by atoms with Crippen molar-refractivity contribution in [3.8, 4) is 0 Å². The number of amides is 1. The summed E-state index contributed by atoms with van der Waals surface area (Å²) in [4.78, 5) is 19.9. The van der Waals surface area contributed by atoms with E-state index in [1.54, 1.807) is 25.1 Å². The number of halogens is 1. The molecule has 5 nitrogen and oxygen atoms in total. The topological polar surface area (TPSA) is 80.9 Å². The molecule has 1 heterocycles. The van der Waals surface area contributed by atoms with Gasteiger partial charge in [0.2, 0.25) is 11.9 Å². The number of nitrogens with zero attached hydrogens (tertiary/aromatic N) is 2. The number of carbonyl (C=O) groups is 1. The molecule has 1 aromatic heterocycles. The number of aryl methyl sites for hydroxylation is 1. The van der Waals surface area contributed by atoms with Gasteiger partial charge in [-0.2, -0.15) is 0 Å². The van der Waals surface area contributed by atoms with E-state index in [0.717, 1.165) is 5.56 Å². The molecule has 0 fully saturated rings. The predicted octanol–water partition coefficient (Wildman–Crippen LogP) is 2.20. The van der Waals surface area contributed by atoms with Gasteiger partial charge in [-0.05, 0) is 24.6 Å². The average Bonchev–Trinajstić information content (AvgIpc) is 2.30. The second-order valence-electron chi connectivity index (χ2n) is 4.08. The van der Waals surface area contributed by atoms with Gasteiger partial charge in [0, 0.05) is 11.4 Å². The number of hydrogen-bond acceptors (Lipinski definition) is 4. The Morgan fingerprint density at radius 2 is 2.11 bits per heavy atom. The summed E-state index contributed by atoms with van der Waals surface area (Å²) in [5.74, 6) is -0.0379. The first-order chi connectivity index (χ1) is 9.04. The summed E-state index contributed by atoms with van der Waals surface area (Å²) < 4.78 is 0. The SMILES string of the molecule is Cc1cc(Cl)nc(NC(=O)Cc2ccccc2N)n1. The molecule has 0 aliphatic rings. The maximum atomic E-state index is 11.9. The van der Waals surface area contributed by atoms with Gasteiger partial charge in [0.1, 0.15) is 5.15 Å². The Morgan fingerprint density at radius 1 is 1.37 bits per heavy atom. The summed E-state index contributed by atoms with van der Waals surface area (Å²) in [7, 11) is 0. The molecular formula is C13H13ClN4O. The van der Waals surface area contributed by atoms with Crippen LogP contribution in [-0.4, -0.2) is 15.9 Å². The van der Waals surface area contributed by atoms with Crippen LogP contribution in [-0.2, 0) is 11.2 Å². The number of benzene rings is 1. The number of rotatable bonds is 3. The highest BCUT2D eigenvalue weighted by molar-refractivity contribution is 6.29. The van der Waals surface area contributed by atoms with Crippen molar-refractivity contribution >= 4 is 29.1 Å². The van der Waals surface area contributed by atoms with Crippen LogP contribution >= 0.6 is 11.6 Å². The van der Waals surface area contributed by atoms with Crippen LogP contribution in [0.25, 0.3) is 0 Å². The second-order valence-corrected chi connectivity index (χ2v) is 4.47. The van der Waals surface area contributed by atoms with E-state index in [4.69, 9.17) is 17.3 Å². The Labute approximate surface area is 115 Å². The number of carbonyl (C=O) groups excluding carboxylic acids is 1. The van der Waals surface area contributed by atoms with Crippen molar-refractivity contribution in [2.75, 3.05) is 11.1 Å². The summed E-state index contributed by atoms with van der Waals surface area (Å²) in [6.45, 7) is 1.78. The van der Waals surface area contributed by atoms with Crippen LogP contribution in [0.5, 0.6) is 0 Å². The monoisotopic (exact) mass is 276 g/mol. The molecule has 0 saturated heterocycles. The molecule has 2 rings (SSSR count). The van der Waals surface area contributed by atoms with Gasteiger partial charge < -0.3 is 5.73 Å². The molecule has 1 amide bonds. The lowest BCUT2D eigenvalue weighted by Gasteiger charge is -2.06. The molecule has 0 spiro atoms. The Balaban J connectivity index is 2.07. The molecule has 19 heavy (non-hydrogen) atoms. The summed E-state index contributed by atoms with van der Waals surface area (Å²) in [6.07, 6.45) is 0.168. The maximum Gasteiger partial charge on any atom is 0.231 e. The third-order valence-electron chi connectivity index (χ3n) is 2.48. The Bertz CT molecular complexity index is 595. The van der Waals surface area contributed by atoms with E-state index in [1.165, 1.54) is 0 Å². The zero-order chi connectivity index (χ0) is 13.8. The van der Waals surface area contributed by atoms with Crippen molar-refractivity contribution in [1.29, 1.82) is 0 Å². The molecule has 98 valence electrons. The minimum atomic E-state index is -0.237. The first kappa shape index (κ1) is 13.3. The fraction of sp³-hybridized carbons (Fsp3) is 0.154. The van der Waals surface area contributed by atoms with Crippen molar-refractivity contribution in [2.45, 2.75) is 13.3 Å². The van der Waals surface area contributed by atoms with Crippen LogP contribution in [0.1, 0.15) is 11.3 Å². The molecule has 0 saturated carbocycles. The first-order valence-electron chi connectivity index (χ1n) is 5.69. The van der Waals surface area contributed by atoms with Crippen molar-refractivity contribution in [2.24, 2.45) is 0 Å². The number of anilines is 2. The van der Waals surface area contributed by atoms with E-state index in [0.29, 0.717) is 16.5 Å². The van der Waals surface area contributed by atoms with Crippen molar-refractivity contribution in [3.05, 3.63) is 46.7 Å². The summed E-state index contributed by atoms with van der Waals surface area (Å²) in [6, 6.07) is 8.83. The molecule has 0 aliphatic heterocycles. The van der Waals surface area contributed by atoms with E-state index in [9.17, 15) is 4.79 Å². The van der Waals surface area contributed by atoms with Crippen LogP contribution < -0.4 is 11.1 Å². The molecule has 2 aromatic rings. The van der Waals surface area contributed by atoms with Crippen molar-refractivity contribution < 1.29 is 4.79 Å². The van der Waals surface area contributed by atoms with Gasteiger partial charge in [-0.25, -0.2) is 9.97 Å². The number of nitrogens with two attached hydrogens (primary N) is 1. The molecule has 6 heteroatoms. The summed E-state index contributed by atoms with van der Waals surface area (Å²) in [5.41, 5.74) is 7.81. The molecule has 0 aliphatic carbocycles. The lowest BCUT2D eigenvalue weighted by atomic mass is 10.1. The molecule has 0 bridgehead atoms. The van der Waals surface area contributed by atoms with Crippen LogP contribution in [0, 0.1) is 6.92 Å². The number of aromatic nitrogens is 2. The van der Waals surface area contributed by atoms with Crippen LogP contribution in [0.4, 0.5) is 11.6 Å². The number of para-hydroxylation sites is 1. The normalized spacial score (nSPS) is 10.2. The molecule has 3 N–H and O–H groups in total. The van der Waals surface area contributed by atoms with E-state index >= 15 is 0 Å². The van der Waals surface area contributed by atoms with Crippen LogP contribution in [0.2, 0.25) is 5.15 Å². The second kappa shape index (κ2) is 5.67. The molecule has 1 aromatic carbocycles. The minimum absolute atomic E-state index is 0.168. The summed E-state index contributed by atoms with van der Waals surface area (Å²) in [5, 5.41) is 2.89. The third kappa shape index (κ3) is 3.66. The van der Waals surface area contributed by atoms with Gasteiger partial charge in [0.15, 0.2) is 0 Å². The third-order valence-corrected chi connectivity index (χ3v) is 2.67. The highest BCUT2D eigenvalue weighted by Crippen LogP contribution is 2.13. The Morgan fingerprint density at radius 3 is 2.79 bits per heavy atom. The lowest BCUT2D eigenvalue weighted by Crippen LogP contribution is -2.17. The average molecular weight is 277 g/mol.